The largest absolute Gasteiger partial charge is 0.481 e. The fourth-order valence-corrected chi connectivity index (χ4v) is 2.98. The summed E-state index contributed by atoms with van der Waals surface area (Å²) in [4.78, 5) is 47.9. The predicted molar refractivity (Wildman–Crippen MR) is 98.1 cm³/mol. The van der Waals surface area contributed by atoms with Crippen LogP contribution in [0.1, 0.15) is 25.3 Å². The third-order valence-electron chi connectivity index (χ3n) is 3.48. The number of amides is 2. The predicted octanol–water partition coefficient (Wildman–Crippen LogP) is 2.53. The molecule has 1 fully saturated rings. The molecule has 8 nitrogen and oxygen atoms in total. The number of hydrogen-bond donors (Lipinski definition) is 1. The van der Waals surface area contributed by atoms with Crippen molar-refractivity contribution in [1.82, 2.24) is 4.90 Å². The number of unbranched alkanes of at least 4 members (excludes halogenated alkanes) is 1. The van der Waals surface area contributed by atoms with Crippen LogP contribution in [-0.2, 0) is 19.1 Å². The summed E-state index contributed by atoms with van der Waals surface area (Å²) >= 11 is 0.699. The fourth-order valence-electron chi connectivity index (χ4n) is 2.15. The SMILES string of the molecule is CCCCOC(=O)CN1C(=O)S/C(=C\c2ccccc2OCC(=O)O)C1=O. The van der Waals surface area contributed by atoms with E-state index in [1.165, 1.54) is 6.08 Å². The summed E-state index contributed by atoms with van der Waals surface area (Å²) in [5.74, 6) is -2.11. The number of esters is 1. The van der Waals surface area contributed by atoms with Gasteiger partial charge in [0, 0.05) is 5.56 Å². The molecular weight excluding hydrogens is 374 g/mol. The normalized spacial score (nSPS) is 15.3. The van der Waals surface area contributed by atoms with Crippen molar-refractivity contribution in [2.75, 3.05) is 19.8 Å². The minimum atomic E-state index is -1.13. The average molecular weight is 393 g/mol. The maximum atomic E-state index is 12.4. The van der Waals surface area contributed by atoms with Crippen LogP contribution in [0.4, 0.5) is 4.79 Å². The van der Waals surface area contributed by atoms with Crippen LogP contribution >= 0.6 is 11.8 Å². The maximum Gasteiger partial charge on any atom is 0.341 e. The van der Waals surface area contributed by atoms with Crippen LogP contribution in [0.5, 0.6) is 5.75 Å². The molecule has 1 aliphatic rings. The molecule has 2 amide bonds. The first kappa shape index (κ1) is 20.5. The molecule has 1 saturated heterocycles. The highest BCUT2D eigenvalue weighted by Gasteiger charge is 2.36. The van der Waals surface area contributed by atoms with E-state index < -0.39 is 36.2 Å². The third kappa shape index (κ3) is 5.85. The molecule has 144 valence electrons. The number of carboxylic acids is 1. The summed E-state index contributed by atoms with van der Waals surface area (Å²) in [6.07, 6.45) is 3.01. The second-order valence-electron chi connectivity index (χ2n) is 5.56. The molecule has 0 bridgehead atoms. The minimum Gasteiger partial charge on any atom is -0.481 e. The van der Waals surface area contributed by atoms with Crippen LogP contribution in [0.25, 0.3) is 6.08 Å². The molecule has 1 heterocycles. The lowest BCUT2D eigenvalue weighted by Crippen LogP contribution is -2.34. The molecule has 2 rings (SSSR count). The number of ether oxygens (including phenoxy) is 2. The highest BCUT2D eigenvalue weighted by Crippen LogP contribution is 2.33. The van der Waals surface area contributed by atoms with Crippen molar-refractivity contribution in [2.24, 2.45) is 0 Å². The van der Waals surface area contributed by atoms with Gasteiger partial charge in [-0.2, -0.15) is 0 Å². The molecule has 9 heteroatoms. The lowest BCUT2D eigenvalue weighted by molar-refractivity contribution is -0.146. The second kappa shape index (κ2) is 9.77. The number of para-hydroxylation sites is 1. The van der Waals surface area contributed by atoms with Gasteiger partial charge in [0.25, 0.3) is 11.1 Å². The Labute approximate surface area is 160 Å². The van der Waals surface area contributed by atoms with Crippen LogP contribution < -0.4 is 4.74 Å². The molecule has 1 aromatic carbocycles. The van der Waals surface area contributed by atoms with Crippen LogP contribution in [0.2, 0.25) is 0 Å². The number of carbonyl (C=O) groups is 4. The van der Waals surface area contributed by atoms with Crippen molar-refractivity contribution in [3.63, 3.8) is 0 Å². The van der Waals surface area contributed by atoms with Gasteiger partial charge < -0.3 is 14.6 Å². The van der Waals surface area contributed by atoms with E-state index in [0.29, 0.717) is 23.7 Å². The summed E-state index contributed by atoms with van der Waals surface area (Å²) < 4.78 is 10.2. The Morgan fingerprint density at radius 2 is 2.00 bits per heavy atom. The first-order valence-corrected chi connectivity index (χ1v) is 9.08. The Hall–Kier alpha value is -2.81. The number of rotatable bonds is 9. The number of nitrogens with zero attached hydrogens (tertiary/aromatic N) is 1. The lowest BCUT2D eigenvalue weighted by Gasteiger charge is -2.11. The Morgan fingerprint density at radius 3 is 2.70 bits per heavy atom. The van der Waals surface area contributed by atoms with Crippen LogP contribution in [0.3, 0.4) is 0 Å². The third-order valence-corrected chi connectivity index (χ3v) is 4.39. The summed E-state index contributed by atoms with van der Waals surface area (Å²) in [6.45, 7) is 1.22. The van der Waals surface area contributed by atoms with Crippen molar-refractivity contribution in [3.05, 3.63) is 34.7 Å². The van der Waals surface area contributed by atoms with Gasteiger partial charge in [0.05, 0.1) is 11.5 Å². The number of benzene rings is 1. The molecular formula is C18H19NO7S. The Bertz CT molecular complexity index is 775. The number of carboxylic acid groups (broad SMARTS) is 1. The zero-order valence-electron chi connectivity index (χ0n) is 14.7. The zero-order chi connectivity index (χ0) is 19.8. The molecule has 0 unspecified atom stereocenters. The minimum absolute atomic E-state index is 0.118. The van der Waals surface area contributed by atoms with Gasteiger partial charge in [0.2, 0.25) is 0 Å². The van der Waals surface area contributed by atoms with E-state index in [4.69, 9.17) is 14.6 Å². The molecule has 0 aliphatic carbocycles. The molecule has 27 heavy (non-hydrogen) atoms. The molecule has 1 aliphatic heterocycles. The average Bonchev–Trinajstić information content (AvgIpc) is 2.88. The standard InChI is InChI=1S/C18H19NO7S/c1-2-3-8-25-16(22)10-19-17(23)14(27-18(19)24)9-12-6-4-5-7-13(12)26-11-15(20)21/h4-7,9H,2-3,8,10-11H2,1H3,(H,20,21)/b14-9-. The summed E-state index contributed by atoms with van der Waals surface area (Å²) in [6, 6.07) is 6.54. The molecule has 1 aromatic rings. The number of thioether (sulfide) groups is 1. The van der Waals surface area contributed by atoms with Gasteiger partial charge in [-0.15, -0.1) is 0 Å². The Morgan fingerprint density at radius 1 is 1.26 bits per heavy atom. The van der Waals surface area contributed by atoms with Crippen molar-refractivity contribution < 1.29 is 33.8 Å². The van der Waals surface area contributed by atoms with Gasteiger partial charge >= 0.3 is 11.9 Å². The zero-order valence-corrected chi connectivity index (χ0v) is 15.5. The number of aliphatic carboxylic acids is 1. The van der Waals surface area contributed by atoms with Crippen molar-refractivity contribution in [3.8, 4) is 5.75 Å². The topological polar surface area (TPSA) is 110 Å². The first-order chi connectivity index (χ1) is 12.9. The molecule has 0 aromatic heterocycles. The highest BCUT2D eigenvalue weighted by atomic mass is 32.2. The van der Waals surface area contributed by atoms with Crippen LogP contribution in [0.15, 0.2) is 29.2 Å². The van der Waals surface area contributed by atoms with Gasteiger partial charge in [0.15, 0.2) is 6.61 Å². The second-order valence-corrected chi connectivity index (χ2v) is 6.56. The maximum absolute atomic E-state index is 12.4. The van der Waals surface area contributed by atoms with E-state index in [0.717, 1.165) is 11.3 Å². The van der Waals surface area contributed by atoms with E-state index in [1.54, 1.807) is 24.3 Å². The molecule has 0 atom stereocenters. The van der Waals surface area contributed by atoms with Gasteiger partial charge in [-0.1, -0.05) is 31.5 Å². The molecule has 0 radical (unpaired) electrons. The van der Waals surface area contributed by atoms with E-state index in [9.17, 15) is 19.2 Å². The van der Waals surface area contributed by atoms with E-state index in [-0.39, 0.29) is 17.3 Å². The first-order valence-electron chi connectivity index (χ1n) is 8.27. The Kier molecular flexibility index (Phi) is 7.42. The van der Waals surface area contributed by atoms with Crippen molar-refractivity contribution >= 4 is 40.9 Å². The number of hydrogen-bond acceptors (Lipinski definition) is 7. The van der Waals surface area contributed by atoms with E-state index in [2.05, 4.69) is 0 Å². The van der Waals surface area contributed by atoms with Gasteiger partial charge in [-0.3, -0.25) is 19.3 Å². The lowest BCUT2D eigenvalue weighted by atomic mass is 10.2. The fraction of sp³-hybridized carbons (Fsp3) is 0.333. The number of imide groups is 1. The summed E-state index contributed by atoms with van der Waals surface area (Å²) in [5, 5.41) is 8.16. The quantitative estimate of drug-likeness (QED) is 0.387. The monoisotopic (exact) mass is 393 g/mol. The molecule has 0 saturated carbocycles. The van der Waals surface area contributed by atoms with Gasteiger partial charge in [-0.05, 0) is 30.3 Å². The van der Waals surface area contributed by atoms with Crippen molar-refractivity contribution in [2.45, 2.75) is 19.8 Å². The van der Waals surface area contributed by atoms with E-state index in [1.807, 2.05) is 6.92 Å². The van der Waals surface area contributed by atoms with E-state index >= 15 is 0 Å². The Balaban J connectivity index is 2.10. The van der Waals surface area contributed by atoms with Gasteiger partial charge in [-0.25, -0.2) is 4.79 Å². The van der Waals surface area contributed by atoms with Crippen LogP contribution in [0, 0.1) is 0 Å². The summed E-state index contributed by atoms with van der Waals surface area (Å²) in [7, 11) is 0. The van der Waals surface area contributed by atoms with Crippen molar-refractivity contribution in [1.29, 1.82) is 0 Å². The highest BCUT2D eigenvalue weighted by molar-refractivity contribution is 8.18. The smallest absolute Gasteiger partial charge is 0.341 e. The van der Waals surface area contributed by atoms with Crippen LogP contribution in [-0.4, -0.2) is 52.8 Å². The molecule has 0 spiro atoms. The summed E-state index contributed by atoms with van der Waals surface area (Å²) in [5.41, 5.74) is 0.453. The van der Waals surface area contributed by atoms with Gasteiger partial charge in [0.1, 0.15) is 12.3 Å². The number of carbonyl (C=O) groups excluding carboxylic acids is 3. The molecule has 1 N–H and O–H groups in total.